The van der Waals surface area contributed by atoms with Crippen molar-refractivity contribution in [2.45, 2.75) is 52.0 Å². The molecular weight excluding hydrogens is 430 g/mol. The van der Waals surface area contributed by atoms with Crippen LogP contribution in [0.1, 0.15) is 63.3 Å². The first-order valence-corrected chi connectivity index (χ1v) is 11.8. The zero-order valence-corrected chi connectivity index (χ0v) is 20.8. The maximum absolute atomic E-state index is 13.1. The van der Waals surface area contributed by atoms with Crippen LogP contribution in [0.4, 0.5) is 0 Å². The van der Waals surface area contributed by atoms with E-state index in [-0.39, 0.29) is 29.9 Å². The number of ketones is 1. The van der Waals surface area contributed by atoms with Gasteiger partial charge in [-0.15, -0.1) is 0 Å². The van der Waals surface area contributed by atoms with E-state index in [0.29, 0.717) is 17.9 Å². The van der Waals surface area contributed by atoms with Gasteiger partial charge in [0, 0.05) is 19.2 Å². The van der Waals surface area contributed by atoms with E-state index in [1.165, 1.54) is 4.90 Å². The second-order valence-electron chi connectivity index (χ2n) is 9.59. The van der Waals surface area contributed by atoms with Gasteiger partial charge in [0.25, 0.3) is 11.7 Å². The van der Waals surface area contributed by atoms with Crippen LogP contribution in [0.15, 0.2) is 54.1 Å². The highest BCUT2D eigenvalue weighted by atomic mass is 16.5. The molecule has 0 bridgehead atoms. The Morgan fingerprint density at radius 1 is 1.06 bits per heavy atom. The summed E-state index contributed by atoms with van der Waals surface area (Å²) in [6, 6.07) is 14.2. The molecule has 6 heteroatoms. The van der Waals surface area contributed by atoms with Gasteiger partial charge in [0.2, 0.25) is 0 Å². The summed E-state index contributed by atoms with van der Waals surface area (Å²) in [6.07, 6.45) is 1.93. The normalized spacial score (nSPS) is 17.9. The molecule has 1 amide bonds. The third-order valence-electron chi connectivity index (χ3n) is 6.04. The SMILES string of the molecule is CCCCOc1cccc(C(O)=C2C(=O)C(=O)N(CCOC)C2c2ccc(C(C)(C)C)cc2)c1. The number of hydrogen-bond donors (Lipinski definition) is 1. The number of amides is 1. The second kappa shape index (κ2) is 10.9. The van der Waals surface area contributed by atoms with E-state index < -0.39 is 17.7 Å². The topological polar surface area (TPSA) is 76.1 Å². The number of hydrogen-bond acceptors (Lipinski definition) is 5. The van der Waals surface area contributed by atoms with Gasteiger partial charge in [0.05, 0.1) is 24.8 Å². The van der Waals surface area contributed by atoms with E-state index in [4.69, 9.17) is 9.47 Å². The van der Waals surface area contributed by atoms with E-state index in [9.17, 15) is 14.7 Å². The van der Waals surface area contributed by atoms with Crippen molar-refractivity contribution in [3.05, 3.63) is 70.8 Å². The Kier molecular flexibility index (Phi) is 8.15. The van der Waals surface area contributed by atoms with Crippen LogP contribution in [0.2, 0.25) is 0 Å². The number of methoxy groups -OCH3 is 1. The van der Waals surface area contributed by atoms with E-state index in [2.05, 4.69) is 27.7 Å². The lowest BCUT2D eigenvalue weighted by Crippen LogP contribution is -2.32. The monoisotopic (exact) mass is 465 g/mol. The van der Waals surface area contributed by atoms with Crippen LogP contribution in [0.5, 0.6) is 5.75 Å². The number of likely N-dealkylation sites (tertiary alicyclic amines) is 1. The van der Waals surface area contributed by atoms with Gasteiger partial charge >= 0.3 is 0 Å². The minimum Gasteiger partial charge on any atom is -0.507 e. The summed E-state index contributed by atoms with van der Waals surface area (Å²) in [4.78, 5) is 27.6. The number of rotatable bonds is 9. The molecule has 34 heavy (non-hydrogen) atoms. The summed E-state index contributed by atoms with van der Waals surface area (Å²) < 4.78 is 10.9. The maximum Gasteiger partial charge on any atom is 0.295 e. The lowest BCUT2D eigenvalue weighted by atomic mass is 9.85. The Bertz CT molecular complexity index is 1050. The van der Waals surface area contributed by atoms with E-state index in [0.717, 1.165) is 24.0 Å². The molecule has 0 spiro atoms. The van der Waals surface area contributed by atoms with Crippen LogP contribution in [-0.4, -0.2) is 48.6 Å². The first kappa shape index (κ1) is 25.5. The number of unbranched alkanes of at least 4 members (excludes halogenated alkanes) is 1. The molecule has 1 aliphatic heterocycles. The number of aliphatic hydroxyl groups is 1. The molecule has 1 aliphatic rings. The fraction of sp³-hybridized carbons (Fsp3) is 0.429. The molecule has 2 aromatic rings. The molecule has 0 radical (unpaired) electrons. The number of Topliss-reactive ketones (excluding diaryl/α,β-unsaturated/α-hetero) is 1. The highest BCUT2D eigenvalue weighted by molar-refractivity contribution is 6.46. The summed E-state index contributed by atoms with van der Waals surface area (Å²) in [5.41, 5.74) is 2.39. The minimum atomic E-state index is -0.700. The number of aliphatic hydroxyl groups excluding tert-OH is 1. The first-order chi connectivity index (χ1) is 16.2. The third-order valence-corrected chi connectivity index (χ3v) is 6.04. The molecule has 1 heterocycles. The molecule has 1 N–H and O–H groups in total. The smallest absolute Gasteiger partial charge is 0.295 e. The minimum absolute atomic E-state index is 0.0331. The van der Waals surface area contributed by atoms with E-state index in [1.807, 2.05) is 30.3 Å². The van der Waals surface area contributed by atoms with E-state index >= 15 is 0 Å². The molecule has 1 unspecified atom stereocenters. The summed E-state index contributed by atoms with van der Waals surface area (Å²) in [5, 5.41) is 11.3. The van der Waals surface area contributed by atoms with Gasteiger partial charge in [-0.2, -0.15) is 0 Å². The molecule has 182 valence electrons. The number of nitrogens with zero attached hydrogens (tertiary/aromatic N) is 1. The molecule has 2 aromatic carbocycles. The van der Waals surface area contributed by atoms with Crippen molar-refractivity contribution in [2.75, 3.05) is 26.9 Å². The lowest BCUT2D eigenvalue weighted by molar-refractivity contribution is -0.140. The van der Waals surface area contributed by atoms with Crippen LogP contribution in [-0.2, 0) is 19.7 Å². The average Bonchev–Trinajstić information content (AvgIpc) is 3.07. The largest absolute Gasteiger partial charge is 0.507 e. The van der Waals surface area contributed by atoms with E-state index in [1.54, 1.807) is 25.3 Å². The lowest BCUT2D eigenvalue weighted by Gasteiger charge is -2.26. The van der Waals surface area contributed by atoms with Crippen molar-refractivity contribution in [1.82, 2.24) is 4.90 Å². The Morgan fingerprint density at radius 2 is 1.76 bits per heavy atom. The summed E-state index contributed by atoms with van der Waals surface area (Å²) in [7, 11) is 1.55. The van der Waals surface area contributed by atoms with Crippen molar-refractivity contribution < 1.29 is 24.2 Å². The van der Waals surface area contributed by atoms with Crippen molar-refractivity contribution in [1.29, 1.82) is 0 Å². The Hall–Kier alpha value is -3.12. The zero-order chi connectivity index (χ0) is 24.9. The fourth-order valence-corrected chi connectivity index (χ4v) is 4.04. The molecule has 0 aliphatic carbocycles. The van der Waals surface area contributed by atoms with Crippen molar-refractivity contribution in [2.24, 2.45) is 0 Å². The molecule has 6 nitrogen and oxygen atoms in total. The summed E-state index contributed by atoms with van der Waals surface area (Å²) in [6.45, 7) is 9.56. The first-order valence-electron chi connectivity index (χ1n) is 11.8. The maximum atomic E-state index is 13.1. The molecular formula is C28H35NO5. The summed E-state index contributed by atoms with van der Waals surface area (Å²) in [5.74, 6) is -0.934. The van der Waals surface area contributed by atoms with Crippen molar-refractivity contribution in [3.8, 4) is 5.75 Å². The Morgan fingerprint density at radius 3 is 2.38 bits per heavy atom. The van der Waals surface area contributed by atoms with Gasteiger partial charge < -0.3 is 19.5 Å². The van der Waals surface area contributed by atoms with Crippen molar-refractivity contribution >= 4 is 17.4 Å². The second-order valence-corrected chi connectivity index (χ2v) is 9.59. The van der Waals surface area contributed by atoms with Crippen LogP contribution in [0.25, 0.3) is 5.76 Å². The Balaban J connectivity index is 2.07. The zero-order valence-electron chi connectivity index (χ0n) is 20.8. The highest BCUT2D eigenvalue weighted by Crippen LogP contribution is 2.40. The van der Waals surface area contributed by atoms with Crippen LogP contribution < -0.4 is 4.74 Å². The fourth-order valence-electron chi connectivity index (χ4n) is 4.04. The quantitative estimate of drug-likeness (QED) is 0.237. The van der Waals surface area contributed by atoms with Gasteiger partial charge in [-0.1, -0.05) is 70.5 Å². The molecule has 1 fully saturated rings. The molecule has 3 rings (SSSR count). The van der Waals surface area contributed by atoms with Gasteiger partial charge in [0.1, 0.15) is 11.5 Å². The number of carbonyl (C=O) groups is 2. The Labute approximate surface area is 202 Å². The predicted octanol–water partition coefficient (Wildman–Crippen LogP) is 5.23. The van der Waals surface area contributed by atoms with Crippen LogP contribution >= 0.6 is 0 Å². The van der Waals surface area contributed by atoms with Gasteiger partial charge in [0.15, 0.2) is 0 Å². The van der Waals surface area contributed by atoms with Crippen LogP contribution in [0, 0.1) is 0 Å². The van der Waals surface area contributed by atoms with Crippen LogP contribution in [0.3, 0.4) is 0 Å². The molecule has 0 saturated carbocycles. The van der Waals surface area contributed by atoms with Crippen molar-refractivity contribution in [3.63, 3.8) is 0 Å². The third kappa shape index (κ3) is 5.50. The molecule has 0 aromatic heterocycles. The number of benzene rings is 2. The number of ether oxygens (including phenoxy) is 2. The van der Waals surface area contributed by atoms with Gasteiger partial charge in [-0.05, 0) is 35.1 Å². The number of carbonyl (C=O) groups excluding carboxylic acids is 2. The molecule has 1 atom stereocenters. The average molecular weight is 466 g/mol. The molecule has 1 saturated heterocycles. The van der Waals surface area contributed by atoms with Gasteiger partial charge in [-0.3, -0.25) is 9.59 Å². The summed E-state index contributed by atoms with van der Waals surface area (Å²) >= 11 is 0. The highest BCUT2D eigenvalue weighted by Gasteiger charge is 2.45. The predicted molar refractivity (Wildman–Crippen MR) is 133 cm³/mol. The van der Waals surface area contributed by atoms with Gasteiger partial charge in [-0.25, -0.2) is 0 Å². The standard InChI is InChI=1S/C28H35NO5/c1-6-7-16-34-22-10-8-9-20(18-22)25(30)23-24(29(15-17-33-5)27(32)26(23)31)19-11-13-21(14-12-19)28(2,3)4/h8-14,18,24,30H,6-7,15-17H2,1-5H3.